The lowest BCUT2D eigenvalue weighted by atomic mass is 10.1. The van der Waals surface area contributed by atoms with Crippen molar-refractivity contribution in [2.45, 2.75) is 13.0 Å². The molecule has 1 amide bonds. The molecule has 0 radical (unpaired) electrons. The van der Waals surface area contributed by atoms with E-state index in [1.54, 1.807) is 0 Å². The molecule has 2 rings (SSSR count). The van der Waals surface area contributed by atoms with Gasteiger partial charge in [0.15, 0.2) is 0 Å². The maximum absolute atomic E-state index is 12.0. The van der Waals surface area contributed by atoms with Crippen molar-refractivity contribution < 1.29 is 9.72 Å². The second kappa shape index (κ2) is 5.97. The third-order valence-electron chi connectivity index (χ3n) is 2.99. The highest BCUT2D eigenvalue weighted by molar-refractivity contribution is 5.94. The second-order valence-electron chi connectivity index (χ2n) is 4.41. The molecule has 0 aliphatic heterocycles. The van der Waals surface area contributed by atoms with Crippen molar-refractivity contribution in [3.05, 3.63) is 75.8 Å². The van der Waals surface area contributed by atoms with Gasteiger partial charge in [0.2, 0.25) is 0 Å². The summed E-state index contributed by atoms with van der Waals surface area (Å²) in [6.07, 6.45) is 0. The average molecular weight is 270 g/mol. The highest BCUT2D eigenvalue weighted by Crippen LogP contribution is 2.15. The van der Waals surface area contributed by atoms with E-state index >= 15 is 0 Å². The van der Waals surface area contributed by atoms with Gasteiger partial charge in [-0.2, -0.15) is 0 Å². The molecular weight excluding hydrogens is 256 g/mol. The van der Waals surface area contributed by atoms with Crippen LogP contribution in [0.15, 0.2) is 54.6 Å². The minimum Gasteiger partial charge on any atom is -0.346 e. The first-order valence-corrected chi connectivity index (χ1v) is 6.18. The Bertz CT molecular complexity index is 609. The van der Waals surface area contributed by atoms with E-state index in [0.717, 1.165) is 5.56 Å². The fourth-order valence-electron chi connectivity index (χ4n) is 1.84. The summed E-state index contributed by atoms with van der Waals surface area (Å²) in [7, 11) is 0. The standard InChI is InChI=1S/C15H14N2O3/c1-11(12-5-3-2-4-6-12)16-15(18)13-7-9-14(10-8-13)17(19)20/h2-11H,1H3,(H,16,18). The van der Waals surface area contributed by atoms with Crippen molar-refractivity contribution in [2.24, 2.45) is 0 Å². The van der Waals surface area contributed by atoms with Crippen LogP contribution in [0.25, 0.3) is 0 Å². The van der Waals surface area contributed by atoms with Gasteiger partial charge in [-0.3, -0.25) is 14.9 Å². The number of nitrogens with one attached hydrogen (secondary N) is 1. The predicted molar refractivity (Wildman–Crippen MR) is 75.4 cm³/mol. The molecule has 0 spiro atoms. The van der Waals surface area contributed by atoms with Gasteiger partial charge in [0, 0.05) is 17.7 Å². The third-order valence-corrected chi connectivity index (χ3v) is 2.99. The first-order valence-electron chi connectivity index (χ1n) is 6.18. The molecule has 2 aromatic carbocycles. The van der Waals surface area contributed by atoms with Gasteiger partial charge in [0.25, 0.3) is 11.6 Å². The molecule has 1 N–H and O–H groups in total. The number of carbonyl (C=O) groups is 1. The first kappa shape index (κ1) is 13.7. The van der Waals surface area contributed by atoms with Crippen molar-refractivity contribution in [3.8, 4) is 0 Å². The Labute approximate surface area is 116 Å². The largest absolute Gasteiger partial charge is 0.346 e. The van der Waals surface area contributed by atoms with E-state index in [4.69, 9.17) is 0 Å². The zero-order valence-electron chi connectivity index (χ0n) is 10.9. The zero-order chi connectivity index (χ0) is 14.5. The van der Waals surface area contributed by atoms with Crippen molar-refractivity contribution in [3.63, 3.8) is 0 Å². The molecule has 0 heterocycles. The number of benzene rings is 2. The average Bonchev–Trinajstić information content (AvgIpc) is 2.48. The molecule has 0 aliphatic carbocycles. The summed E-state index contributed by atoms with van der Waals surface area (Å²) in [4.78, 5) is 22.1. The van der Waals surface area contributed by atoms with E-state index in [9.17, 15) is 14.9 Å². The maximum Gasteiger partial charge on any atom is 0.269 e. The molecule has 20 heavy (non-hydrogen) atoms. The fraction of sp³-hybridized carbons (Fsp3) is 0.133. The molecule has 0 aromatic heterocycles. The lowest BCUT2D eigenvalue weighted by Gasteiger charge is -2.14. The lowest BCUT2D eigenvalue weighted by molar-refractivity contribution is -0.384. The van der Waals surface area contributed by atoms with Gasteiger partial charge in [-0.15, -0.1) is 0 Å². The van der Waals surface area contributed by atoms with E-state index in [1.807, 2.05) is 37.3 Å². The fourth-order valence-corrected chi connectivity index (χ4v) is 1.84. The third kappa shape index (κ3) is 3.20. The SMILES string of the molecule is CC(NC(=O)c1ccc([N+](=O)[O-])cc1)c1ccccc1. The molecule has 0 fully saturated rings. The molecule has 0 aliphatic rings. The smallest absolute Gasteiger partial charge is 0.269 e. The Morgan fingerprint density at radius 3 is 2.25 bits per heavy atom. The van der Waals surface area contributed by atoms with Crippen LogP contribution in [0.2, 0.25) is 0 Å². The molecule has 0 saturated carbocycles. The molecule has 1 atom stereocenters. The van der Waals surface area contributed by atoms with E-state index in [1.165, 1.54) is 24.3 Å². The van der Waals surface area contributed by atoms with E-state index in [2.05, 4.69) is 5.32 Å². The monoisotopic (exact) mass is 270 g/mol. The Morgan fingerprint density at radius 1 is 1.10 bits per heavy atom. The van der Waals surface area contributed by atoms with Gasteiger partial charge in [0.05, 0.1) is 11.0 Å². The number of amides is 1. The van der Waals surface area contributed by atoms with Crippen molar-refractivity contribution >= 4 is 11.6 Å². The highest BCUT2D eigenvalue weighted by Gasteiger charge is 2.12. The Kier molecular flexibility index (Phi) is 4.10. The number of carbonyl (C=O) groups excluding carboxylic acids is 1. The predicted octanol–water partition coefficient (Wildman–Crippen LogP) is 3.09. The Balaban J connectivity index is 2.06. The van der Waals surface area contributed by atoms with Gasteiger partial charge in [-0.1, -0.05) is 30.3 Å². The number of rotatable bonds is 4. The minimum atomic E-state index is -0.492. The van der Waals surface area contributed by atoms with Crippen LogP contribution in [0.4, 0.5) is 5.69 Å². The summed E-state index contributed by atoms with van der Waals surface area (Å²) >= 11 is 0. The van der Waals surface area contributed by atoms with Gasteiger partial charge < -0.3 is 5.32 Å². The molecule has 0 bridgehead atoms. The van der Waals surface area contributed by atoms with Gasteiger partial charge in [0.1, 0.15) is 0 Å². The number of nitrogens with zero attached hydrogens (tertiary/aromatic N) is 1. The van der Waals surface area contributed by atoms with Crippen molar-refractivity contribution in [1.29, 1.82) is 0 Å². The lowest BCUT2D eigenvalue weighted by Crippen LogP contribution is -2.26. The summed E-state index contributed by atoms with van der Waals surface area (Å²) < 4.78 is 0. The number of hydrogen-bond donors (Lipinski definition) is 1. The van der Waals surface area contributed by atoms with Gasteiger partial charge in [-0.25, -0.2) is 0 Å². The van der Waals surface area contributed by atoms with Gasteiger partial charge in [-0.05, 0) is 24.6 Å². The highest BCUT2D eigenvalue weighted by atomic mass is 16.6. The topological polar surface area (TPSA) is 72.2 Å². The van der Waals surface area contributed by atoms with E-state index in [0.29, 0.717) is 5.56 Å². The normalized spacial score (nSPS) is 11.7. The van der Waals surface area contributed by atoms with Crippen LogP contribution in [-0.4, -0.2) is 10.8 Å². The number of hydrogen-bond acceptors (Lipinski definition) is 3. The Hall–Kier alpha value is -2.69. The molecule has 0 saturated heterocycles. The van der Waals surface area contributed by atoms with Crippen LogP contribution in [-0.2, 0) is 0 Å². The summed E-state index contributed by atoms with van der Waals surface area (Å²) in [6, 6.07) is 15.0. The zero-order valence-corrected chi connectivity index (χ0v) is 10.9. The molecule has 102 valence electrons. The van der Waals surface area contributed by atoms with Crippen molar-refractivity contribution in [2.75, 3.05) is 0 Å². The molecule has 2 aromatic rings. The number of nitro groups is 1. The van der Waals surface area contributed by atoms with Crippen LogP contribution in [0.1, 0.15) is 28.9 Å². The second-order valence-corrected chi connectivity index (χ2v) is 4.41. The maximum atomic E-state index is 12.0. The number of non-ortho nitro benzene ring substituents is 1. The summed E-state index contributed by atoms with van der Waals surface area (Å²) in [5.74, 6) is -0.253. The van der Waals surface area contributed by atoms with E-state index < -0.39 is 4.92 Å². The van der Waals surface area contributed by atoms with Crippen molar-refractivity contribution in [1.82, 2.24) is 5.32 Å². The quantitative estimate of drug-likeness (QED) is 0.685. The van der Waals surface area contributed by atoms with Crippen LogP contribution in [0, 0.1) is 10.1 Å². The summed E-state index contributed by atoms with van der Waals surface area (Å²) in [6.45, 7) is 1.89. The molecular formula is C15H14N2O3. The summed E-state index contributed by atoms with van der Waals surface area (Å²) in [5.41, 5.74) is 1.37. The minimum absolute atomic E-state index is 0.0299. The van der Waals surface area contributed by atoms with Crippen LogP contribution < -0.4 is 5.32 Å². The summed E-state index contributed by atoms with van der Waals surface area (Å²) in [5, 5.41) is 13.4. The number of nitro benzene ring substituents is 1. The Morgan fingerprint density at radius 2 is 1.70 bits per heavy atom. The van der Waals surface area contributed by atoms with E-state index in [-0.39, 0.29) is 17.6 Å². The van der Waals surface area contributed by atoms with Crippen LogP contribution in [0.3, 0.4) is 0 Å². The first-order chi connectivity index (χ1) is 9.58. The molecule has 5 heteroatoms. The molecule has 1 unspecified atom stereocenters. The van der Waals surface area contributed by atoms with Crippen LogP contribution >= 0.6 is 0 Å². The van der Waals surface area contributed by atoms with Gasteiger partial charge >= 0.3 is 0 Å². The molecule has 5 nitrogen and oxygen atoms in total. The van der Waals surface area contributed by atoms with Crippen LogP contribution in [0.5, 0.6) is 0 Å².